The monoisotopic (exact) mass is 408 g/mol. The first-order valence-corrected chi connectivity index (χ1v) is 10.5. The molecule has 0 saturated carbocycles. The summed E-state index contributed by atoms with van der Waals surface area (Å²) < 4.78 is 6.92. The number of benzene rings is 1. The number of pyridine rings is 1. The normalized spacial score (nSPS) is 25.4. The maximum Gasteiger partial charge on any atom is 0.323 e. The molecule has 3 heterocycles. The summed E-state index contributed by atoms with van der Waals surface area (Å²) in [6, 6.07) is 13.4. The van der Waals surface area contributed by atoms with Gasteiger partial charge < -0.3 is 14.4 Å². The number of ether oxygens (including phenoxy) is 1. The van der Waals surface area contributed by atoms with E-state index < -0.39 is 6.04 Å². The molecule has 1 aromatic heterocycles. The maximum absolute atomic E-state index is 13.0. The van der Waals surface area contributed by atoms with Crippen molar-refractivity contribution in [3.8, 4) is 0 Å². The summed E-state index contributed by atoms with van der Waals surface area (Å²) in [5.74, 6) is -0.609. The molecule has 0 amide bonds. The molecule has 0 radical (unpaired) electrons. The zero-order valence-corrected chi connectivity index (χ0v) is 17.4. The highest BCUT2D eigenvalue weighted by Crippen LogP contribution is 2.49. The lowest BCUT2D eigenvalue weighted by molar-refractivity contribution is -0.148. The van der Waals surface area contributed by atoms with E-state index in [0.29, 0.717) is 18.7 Å². The number of hydrogen-bond donors (Lipinski definition) is 1. The van der Waals surface area contributed by atoms with Crippen LogP contribution in [0, 0.1) is 11.8 Å². The molecule has 1 saturated heterocycles. The van der Waals surface area contributed by atoms with E-state index in [2.05, 4.69) is 17.0 Å². The molecule has 0 bridgehead atoms. The number of allylic oxidation sites excluding steroid dienone is 1. The first-order valence-electron chi connectivity index (χ1n) is 10.5. The van der Waals surface area contributed by atoms with Gasteiger partial charge in [0.25, 0.3) is 5.56 Å². The predicted octanol–water partition coefficient (Wildman–Crippen LogP) is 2.26. The highest BCUT2D eigenvalue weighted by molar-refractivity contribution is 5.77. The number of carbonyl (C=O) groups excluding carboxylic acids is 1. The Hall–Kier alpha value is -2.70. The Morgan fingerprint density at radius 3 is 2.67 bits per heavy atom. The number of rotatable bonds is 6. The summed E-state index contributed by atoms with van der Waals surface area (Å²) in [5.41, 5.74) is 2.73. The summed E-state index contributed by atoms with van der Waals surface area (Å²) in [4.78, 5) is 27.8. The zero-order chi connectivity index (χ0) is 21.3. The van der Waals surface area contributed by atoms with E-state index in [1.54, 1.807) is 0 Å². The Morgan fingerprint density at radius 2 is 2.00 bits per heavy atom. The fourth-order valence-electron chi connectivity index (χ4n) is 5.18. The average molecular weight is 408 g/mol. The van der Waals surface area contributed by atoms with E-state index in [1.165, 1.54) is 12.7 Å². The van der Waals surface area contributed by atoms with E-state index in [4.69, 9.17) is 4.74 Å². The van der Waals surface area contributed by atoms with Crippen LogP contribution in [0.2, 0.25) is 0 Å². The van der Waals surface area contributed by atoms with Crippen LogP contribution in [-0.2, 0) is 22.5 Å². The molecule has 4 rings (SSSR count). The number of esters is 1. The van der Waals surface area contributed by atoms with Crippen LogP contribution in [0.4, 0.5) is 0 Å². The number of methoxy groups -OCH3 is 1. The van der Waals surface area contributed by atoms with Gasteiger partial charge in [0.2, 0.25) is 0 Å². The van der Waals surface area contributed by atoms with Gasteiger partial charge in [-0.2, -0.15) is 0 Å². The van der Waals surface area contributed by atoms with Crippen LogP contribution in [0.1, 0.15) is 29.8 Å². The molecule has 1 N–H and O–H groups in total. The highest BCUT2D eigenvalue weighted by atomic mass is 16.5. The third-order valence-corrected chi connectivity index (χ3v) is 6.51. The van der Waals surface area contributed by atoms with E-state index in [0.717, 1.165) is 12.1 Å². The molecule has 6 nitrogen and oxygen atoms in total. The average Bonchev–Trinajstić information content (AvgIpc) is 3.29. The minimum absolute atomic E-state index is 0.0107. The Kier molecular flexibility index (Phi) is 5.88. The number of aliphatic hydroxyl groups is 1. The number of aromatic nitrogens is 1. The van der Waals surface area contributed by atoms with Crippen LogP contribution < -0.4 is 5.56 Å². The second-order valence-electron chi connectivity index (χ2n) is 8.03. The first kappa shape index (κ1) is 20.6. The minimum atomic E-state index is -0.516. The fraction of sp³-hybridized carbons (Fsp3) is 0.417. The third-order valence-electron chi connectivity index (χ3n) is 6.51. The molecule has 158 valence electrons. The molecule has 0 aliphatic carbocycles. The van der Waals surface area contributed by atoms with E-state index in [9.17, 15) is 14.7 Å². The minimum Gasteiger partial charge on any atom is -0.468 e. The first-order chi connectivity index (χ1) is 14.6. The van der Waals surface area contributed by atoms with Crippen molar-refractivity contribution in [1.82, 2.24) is 9.47 Å². The van der Waals surface area contributed by atoms with Gasteiger partial charge in [0.1, 0.15) is 6.04 Å². The van der Waals surface area contributed by atoms with Gasteiger partial charge in [-0.1, -0.05) is 42.5 Å². The molecule has 2 aliphatic heterocycles. The summed E-state index contributed by atoms with van der Waals surface area (Å²) in [6.45, 7) is 2.92. The van der Waals surface area contributed by atoms with Crippen molar-refractivity contribution in [2.75, 3.05) is 20.3 Å². The van der Waals surface area contributed by atoms with E-state index >= 15 is 0 Å². The molecule has 0 spiro atoms. The molecule has 2 aliphatic rings. The standard InChI is InChI=1S/C24H28N2O4/c1-3-7-17-10-11-20-21-18(14-26(20)23(17)28)19(15-27)22(24(29)30-2)25(21)13-12-16-8-5-4-6-9-16/h3-11,18-19,21-22,27H,12-15H2,1-2H3/t18-,19-,21+,22-/m0/s1. The SMILES string of the molecule is CC=Cc1ccc2n(c1=O)C[C@H]1[C@H](CO)[C@@H](C(=O)OC)N(CCc3ccccc3)[C@@H]21. The molecule has 6 heteroatoms. The molecular formula is C24H28N2O4. The molecular weight excluding hydrogens is 380 g/mol. The largest absolute Gasteiger partial charge is 0.468 e. The topological polar surface area (TPSA) is 71.8 Å². The summed E-state index contributed by atoms with van der Waals surface area (Å²) >= 11 is 0. The van der Waals surface area contributed by atoms with Crippen LogP contribution in [-0.4, -0.2) is 46.8 Å². The van der Waals surface area contributed by atoms with Crippen molar-refractivity contribution in [2.24, 2.45) is 11.8 Å². The Bertz CT molecular complexity index is 998. The van der Waals surface area contributed by atoms with Gasteiger partial charge in [-0.25, -0.2) is 0 Å². The second-order valence-corrected chi connectivity index (χ2v) is 8.03. The second kappa shape index (κ2) is 8.58. The number of fused-ring (bicyclic) bond motifs is 3. The smallest absolute Gasteiger partial charge is 0.323 e. The molecule has 0 unspecified atom stereocenters. The van der Waals surface area contributed by atoms with Crippen molar-refractivity contribution in [3.63, 3.8) is 0 Å². The van der Waals surface area contributed by atoms with Crippen molar-refractivity contribution in [2.45, 2.75) is 32.0 Å². The van der Waals surface area contributed by atoms with Crippen molar-refractivity contribution in [3.05, 3.63) is 75.7 Å². The molecule has 1 fully saturated rings. The van der Waals surface area contributed by atoms with Crippen LogP contribution in [0.3, 0.4) is 0 Å². The van der Waals surface area contributed by atoms with Crippen molar-refractivity contribution >= 4 is 12.0 Å². The van der Waals surface area contributed by atoms with Gasteiger partial charge in [0.05, 0.1) is 13.2 Å². The third kappa shape index (κ3) is 3.40. The van der Waals surface area contributed by atoms with Gasteiger partial charge in [0, 0.05) is 42.8 Å². The maximum atomic E-state index is 13.0. The molecule has 1 aromatic carbocycles. The fourth-order valence-corrected chi connectivity index (χ4v) is 5.18. The Morgan fingerprint density at radius 1 is 1.23 bits per heavy atom. The number of hydrogen-bond acceptors (Lipinski definition) is 5. The van der Waals surface area contributed by atoms with Crippen LogP contribution in [0.15, 0.2) is 53.3 Å². The van der Waals surface area contributed by atoms with Gasteiger partial charge in [-0.15, -0.1) is 0 Å². The number of carbonyl (C=O) groups is 1. The van der Waals surface area contributed by atoms with Crippen molar-refractivity contribution < 1.29 is 14.6 Å². The van der Waals surface area contributed by atoms with Gasteiger partial charge in [-0.3, -0.25) is 14.5 Å². The van der Waals surface area contributed by atoms with E-state index in [-0.39, 0.29) is 36.0 Å². The van der Waals surface area contributed by atoms with Crippen LogP contribution >= 0.6 is 0 Å². The quantitative estimate of drug-likeness (QED) is 0.743. The summed E-state index contributed by atoms with van der Waals surface area (Å²) in [6.07, 6.45) is 4.45. The molecule has 4 atom stereocenters. The highest BCUT2D eigenvalue weighted by Gasteiger charge is 2.55. The van der Waals surface area contributed by atoms with Gasteiger partial charge >= 0.3 is 5.97 Å². The predicted molar refractivity (Wildman–Crippen MR) is 115 cm³/mol. The van der Waals surface area contributed by atoms with Crippen LogP contribution in [0.25, 0.3) is 6.08 Å². The van der Waals surface area contributed by atoms with Crippen LogP contribution in [0.5, 0.6) is 0 Å². The number of likely N-dealkylation sites (tertiary alicyclic amines) is 1. The lowest BCUT2D eigenvalue weighted by atomic mass is 9.88. The number of nitrogens with zero attached hydrogens (tertiary/aromatic N) is 2. The number of aliphatic hydroxyl groups excluding tert-OH is 1. The van der Waals surface area contributed by atoms with Gasteiger partial charge in [-0.05, 0) is 31.0 Å². The lowest BCUT2D eigenvalue weighted by Gasteiger charge is -2.29. The summed E-state index contributed by atoms with van der Waals surface area (Å²) in [5, 5.41) is 10.2. The summed E-state index contributed by atoms with van der Waals surface area (Å²) in [7, 11) is 1.39. The van der Waals surface area contributed by atoms with Gasteiger partial charge in [0.15, 0.2) is 0 Å². The van der Waals surface area contributed by atoms with E-state index in [1.807, 2.05) is 54.0 Å². The molecule has 30 heavy (non-hydrogen) atoms. The zero-order valence-electron chi connectivity index (χ0n) is 17.4. The lowest BCUT2D eigenvalue weighted by Crippen LogP contribution is -2.44. The van der Waals surface area contributed by atoms with Crippen molar-refractivity contribution in [1.29, 1.82) is 0 Å². The Labute approximate surface area is 176 Å². The Balaban J connectivity index is 1.73. The molecule has 2 aromatic rings.